The van der Waals surface area contributed by atoms with Crippen LogP contribution in [0.4, 0.5) is 0 Å². The van der Waals surface area contributed by atoms with Crippen molar-refractivity contribution in [2.24, 2.45) is 0 Å². The molecule has 4 aromatic rings. The molecular formula is C33H38S2. The Labute approximate surface area is 220 Å². The quantitative estimate of drug-likeness (QED) is 0.150. The summed E-state index contributed by atoms with van der Waals surface area (Å²) in [5.41, 5.74) is 8.48. The van der Waals surface area contributed by atoms with Crippen molar-refractivity contribution in [2.45, 2.75) is 83.5 Å². The Bertz CT molecular complexity index is 1110. The highest BCUT2D eigenvalue weighted by Gasteiger charge is 2.47. The molecule has 0 unspecified atom stereocenters. The highest BCUT2D eigenvalue weighted by atomic mass is 32.1. The molecular weight excluding hydrogens is 460 g/mol. The first-order chi connectivity index (χ1) is 17.3. The zero-order chi connectivity index (χ0) is 24.1. The van der Waals surface area contributed by atoms with Crippen LogP contribution in [-0.4, -0.2) is 0 Å². The van der Waals surface area contributed by atoms with Gasteiger partial charge in [-0.1, -0.05) is 101 Å². The Kier molecular flexibility index (Phi) is 7.90. The number of fused-ring (bicyclic) bond motifs is 3. The summed E-state index contributed by atoms with van der Waals surface area (Å²) >= 11 is 3.80. The second-order valence-corrected chi connectivity index (χ2v) is 11.9. The fourth-order valence-electron chi connectivity index (χ4n) is 5.85. The third-order valence-corrected chi connectivity index (χ3v) is 9.75. The van der Waals surface area contributed by atoms with Gasteiger partial charge in [0.1, 0.15) is 0 Å². The number of benzene rings is 2. The van der Waals surface area contributed by atoms with E-state index in [0.29, 0.717) is 0 Å². The predicted octanol–water partition coefficient (Wildman–Crippen LogP) is 10.4. The number of aryl methyl sites for hydroxylation is 2. The van der Waals surface area contributed by atoms with Gasteiger partial charge in [0, 0.05) is 9.75 Å². The molecule has 1 aliphatic carbocycles. The van der Waals surface area contributed by atoms with Crippen LogP contribution in [0, 0.1) is 0 Å². The maximum atomic E-state index is 2.42. The van der Waals surface area contributed by atoms with Crippen molar-refractivity contribution in [3.05, 3.63) is 105 Å². The van der Waals surface area contributed by atoms with E-state index in [-0.39, 0.29) is 5.41 Å². The van der Waals surface area contributed by atoms with Crippen molar-refractivity contribution in [2.75, 3.05) is 0 Å². The zero-order valence-electron chi connectivity index (χ0n) is 21.3. The molecule has 0 aliphatic heterocycles. The Morgan fingerprint density at radius 1 is 0.514 bits per heavy atom. The number of hydrogen-bond donors (Lipinski definition) is 0. The summed E-state index contributed by atoms with van der Waals surface area (Å²) in [6, 6.07) is 24.0. The first kappa shape index (κ1) is 24.5. The second-order valence-electron chi connectivity index (χ2n) is 10.1. The van der Waals surface area contributed by atoms with E-state index < -0.39 is 0 Å². The summed E-state index contributed by atoms with van der Waals surface area (Å²) in [4.78, 5) is 2.92. The Balaban J connectivity index is 1.51. The fraction of sp³-hybridized carbons (Fsp3) is 0.394. The summed E-state index contributed by atoms with van der Waals surface area (Å²) in [5.74, 6) is 0. The van der Waals surface area contributed by atoms with Gasteiger partial charge in [-0.2, -0.15) is 0 Å². The Hall–Kier alpha value is -2.16. The lowest BCUT2D eigenvalue weighted by atomic mass is 9.68. The van der Waals surface area contributed by atoms with Gasteiger partial charge in [-0.15, -0.1) is 22.7 Å². The van der Waals surface area contributed by atoms with Crippen LogP contribution in [0.3, 0.4) is 0 Å². The molecule has 2 heterocycles. The van der Waals surface area contributed by atoms with E-state index in [9.17, 15) is 0 Å². The van der Waals surface area contributed by atoms with Crippen molar-refractivity contribution >= 4 is 22.7 Å². The Morgan fingerprint density at radius 3 is 1.34 bits per heavy atom. The summed E-state index contributed by atoms with van der Waals surface area (Å²) in [6.07, 6.45) is 12.9. The maximum Gasteiger partial charge on any atom is 0.0730 e. The van der Waals surface area contributed by atoms with Gasteiger partial charge in [0.05, 0.1) is 5.41 Å². The molecule has 0 fully saturated rings. The van der Waals surface area contributed by atoms with E-state index in [1.165, 1.54) is 107 Å². The molecule has 0 radical (unpaired) electrons. The molecule has 0 N–H and O–H groups in total. The van der Waals surface area contributed by atoms with Crippen LogP contribution in [0.1, 0.15) is 98.6 Å². The third kappa shape index (κ3) is 4.68. The lowest BCUT2D eigenvalue weighted by Gasteiger charge is -2.33. The van der Waals surface area contributed by atoms with Gasteiger partial charge in [0.15, 0.2) is 0 Å². The van der Waals surface area contributed by atoms with E-state index in [4.69, 9.17) is 0 Å². The molecule has 0 bridgehead atoms. The van der Waals surface area contributed by atoms with Crippen molar-refractivity contribution < 1.29 is 0 Å². The minimum atomic E-state index is -0.202. The van der Waals surface area contributed by atoms with Crippen LogP contribution in [0.25, 0.3) is 9.75 Å². The summed E-state index contributed by atoms with van der Waals surface area (Å²) in [6.45, 7) is 4.57. The first-order valence-electron chi connectivity index (χ1n) is 13.6. The molecule has 0 nitrogen and oxygen atoms in total. The van der Waals surface area contributed by atoms with E-state index >= 15 is 0 Å². The molecule has 0 saturated heterocycles. The number of unbranched alkanes of at least 4 members (excludes halogenated alkanes) is 6. The summed E-state index contributed by atoms with van der Waals surface area (Å²) in [7, 11) is 0. The van der Waals surface area contributed by atoms with Crippen molar-refractivity contribution in [3.63, 3.8) is 0 Å². The minimum absolute atomic E-state index is 0.202. The molecule has 2 aromatic carbocycles. The van der Waals surface area contributed by atoms with Crippen LogP contribution < -0.4 is 0 Å². The molecule has 0 atom stereocenters. The largest absolute Gasteiger partial charge is 0.143 e. The molecule has 182 valence electrons. The minimum Gasteiger partial charge on any atom is -0.143 e. The van der Waals surface area contributed by atoms with Crippen molar-refractivity contribution in [1.29, 1.82) is 0 Å². The van der Waals surface area contributed by atoms with Crippen molar-refractivity contribution in [3.8, 4) is 9.75 Å². The fourth-order valence-corrected chi connectivity index (χ4v) is 7.95. The number of hydrogen-bond acceptors (Lipinski definition) is 2. The van der Waals surface area contributed by atoms with E-state index in [2.05, 4.69) is 85.3 Å². The zero-order valence-corrected chi connectivity index (χ0v) is 22.9. The molecule has 0 saturated carbocycles. The van der Waals surface area contributed by atoms with Gasteiger partial charge in [0.25, 0.3) is 0 Å². The number of thiophene rings is 2. The summed E-state index contributed by atoms with van der Waals surface area (Å²) < 4.78 is 0. The first-order valence-corrected chi connectivity index (χ1v) is 15.4. The average molecular weight is 499 g/mol. The highest BCUT2D eigenvalue weighted by Crippen LogP contribution is 2.59. The third-order valence-electron chi connectivity index (χ3n) is 7.76. The van der Waals surface area contributed by atoms with Crippen molar-refractivity contribution in [1.82, 2.24) is 0 Å². The molecule has 0 spiro atoms. The lowest BCUT2D eigenvalue weighted by molar-refractivity contribution is 0.666. The van der Waals surface area contributed by atoms with E-state index in [0.717, 1.165) is 0 Å². The highest BCUT2D eigenvalue weighted by molar-refractivity contribution is 7.21. The van der Waals surface area contributed by atoms with Crippen LogP contribution in [-0.2, 0) is 18.3 Å². The predicted molar refractivity (Wildman–Crippen MR) is 155 cm³/mol. The molecule has 1 aliphatic rings. The van der Waals surface area contributed by atoms with Gasteiger partial charge in [-0.25, -0.2) is 0 Å². The van der Waals surface area contributed by atoms with Gasteiger partial charge in [-0.3, -0.25) is 0 Å². The monoisotopic (exact) mass is 498 g/mol. The molecule has 0 amide bonds. The number of rotatable bonds is 12. The van der Waals surface area contributed by atoms with Gasteiger partial charge >= 0.3 is 0 Å². The van der Waals surface area contributed by atoms with Crippen LogP contribution >= 0.6 is 22.7 Å². The van der Waals surface area contributed by atoms with Gasteiger partial charge in [0.2, 0.25) is 0 Å². The normalized spacial score (nSPS) is 13.7. The molecule has 2 aromatic heterocycles. The SMILES string of the molecule is CCCCCCc1ccc(C2(c3ccc(CCCCCC)cc3)c3ccsc3-c3sccc32)cc1. The van der Waals surface area contributed by atoms with Gasteiger partial charge < -0.3 is 0 Å². The maximum absolute atomic E-state index is 2.42. The van der Waals surface area contributed by atoms with E-state index in [1.807, 2.05) is 22.7 Å². The summed E-state index contributed by atoms with van der Waals surface area (Å²) in [5, 5.41) is 4.57. The smallest absolute Gasteiger partial charge is 0.0730 e. The van der Waals surface area contributed by atoms with Gasteiger partial charge in [-0.05, 0) is 82.0 Å². The second kappa shape index (κ2) is 11.3. The molecule has 2 heteroatoms. The van der Waals surface area contributed by atoms with E-state index in [1.54, 1.807) is 0 Å². The lowest BCUT2D eigenvalue weighted by Crippen LogP contribution is -2.28. The van der Waals surface area contributed by atoms with Crippen LogP contribution in [0.15, 0.2) is 71.4 Å². The Morgan fingerprint density at radius 2 is 0.943 bits per heavy atom. The molecule has 35 heavy (non-hydrogen) atoms. The molecule has 5 rings (SSSR count). The topological polar surface area (TPSA) is 0 Å². The standard InChI is InChI=1S/C33H38S2/c1-3-5-7-9-11-25-13-17-27(18-14-25)33(28-19-15-26(16-20-28)12-10-8-6-4-2)29-21-23-34-31(29)32-30(33)22-24-35-32/h13-24H,3-12H2,1-2H3. The van der Waals surface area contributed by atoms with Crippen LogP contribution in [0.5, 0.6) is 0 Å². The van der Waals surface area contributed by atoms with Crippen LogP contribution in [0.2, 0.25) is 0 Å². The average Bonchev–Trinajstić information content (AvgIpc) is 3.61.